The maximum absolute atomic E-state index is 13.7. The molecular formula is C18H17F2NO. The summed E-state index contributed by atoms with van der Waals surface area (Å²) >= 11 is 0. The van der Waals surface area contributed by atoms with Gasteiger partial charge in [0.2, 0.25) is 5.91 Å². The summed E-state index contributed by atoms with van der Waals surface area (Å²) in [5.74, 6) is -0.779. The molecule has 1 aliphatic rings. The summed E-state index contributed by atoms with van der Waals surface area (Å²) in [7, 11) is 0. The van der Waals surface area contributed by atoms with Gasteiger partial charge in [-0.15, -0.1) is 0 Å². The minimum Gasteiger partial charge on any atom is -0.352 e. The molecule has 1 amide bonds. The van der Waals surface area contributed by atoms with Gasteiger partial charge in [-0.3, -0.25) is 4.79 Å². The summed E-state index contributed by atoms with van der Waals surface area (Å²) in [6.07, 6.45) is 0.676. The summed E-state index contributed by atoms with van der Waals surface area (Å²) in [5.41, 5.74) is 2.03. The quantitative estimate of drug-likeness (QED) is 0.917. The van der Waals surface area contributed by atoms with Crippen LogP contribution in [0.1, 0.15) is 29.0 Å². The van der Waals surface area contributed by atoms with Gasteiger partial charge in [0.1, 0.15) is 11.6 Å². The first-order valence-corrected chi connectivity index (χ1v) is 7.33. The normalized spacial score (nSPS) is 19.8. The number of amides is 1. The third-order valence-corrected chi connectivity index (χ3v) is 4.12. The lowest BCUT2D eigenvalue weighted by atomic mass is 10.1. The predicted octanol–water partition coefficient (Wildman–Crippen LogP) is 3.69. The van der Waals surface area contributed by atoms with Crippen molar-refractivity contribution in [1.29, 1.82) is 0 Å². The largest absolute Gasteiger partial charge is 0.352 e. The molecule has 0 radical (unpaired) electrons. The summed E-state index contributed by atoms with van der Waals surface area (Å²) in [4.78, 5) is 12.1. The second-order valence-electron chi connectivity index (χ2n) is 5.77. The van der Waals surface area contributed by atoms with Crippen molar-refractivity contribution in [3.05, 3.63) is 70.8 Å². The number of nitrogens with one attached hydrogen (secondary N) is 1. The Morgan fingerprint density at radius 2 is 1.95 bits per heavy atom. The van der Waals surface area contributed by atoms with Gasteiger partial charge in [-0.2, -0.15) is 0 Å². The molecule has 0 spiro atoms. The molecule has 1 saturated carbocycles. The van der Waals surface area contributed by atoms with Gasteiger partial charge in [-0.25, -0.2) is 8.78 Å². The van der Waals surface area contributed by atoms with Crippen LogP contribution in [0, 0.1) is 24.5 Å². The van der Waals surface area contributed by atoms with E-state index in [0.717, 1.165) is 5.56 Å². The highest BCUT2D eigenvalue weighted by Gasteiger charge is 2.44. The van der Waals surface area contributed by atoms with E-state index in [1.165, 1.54) is 12.1 Å². The molecule has 2 nitrogen and oxygen atoms in total. The fraction of sp³-hybridized carbons (Fsp3) is 0.278. The van der Waals surface area contributed by atoms with Crippen molar-refractivity contribution < 1.29 is 13.6 Å². The van der Waals surface area contributed by atoms with Crippen molar-refractivity contribution in [2.75, 3.05) is 0 Å². The van der Waals surface area contributed by atoms with Crippen LogP contribution < -0.4 is 5.32 Å². The lowest BCUT2D eigenvalue weighted by molar-refractivity contribution is -0.122. The second-order valence-corrected chi connectivity index (χ2v) is 5.77. The van der Waals surface area contributed by atoms with Gasteiger partial charge in [0.25, 0.3) is 0 Å². The number of benzene rings is 2. The van der Waals surface area contributed by atoms with Gasteiger partial charge >= 0.3 is 0 Å². The number of rotatable bonds is 4. The molecular weight excluding hydrogens is 284 g/mol. The molecule has 22 heavy (non-hydrogen) atoms. The van der Waals surface area contributed by atoms with E-state index in [1.54, 1.807) is 37.3 Å². The van der Waals surface area contributed by atoms with Crippen molar-refractivity contribution in [2.24, 2.45) is 5.92 Å². The van der Waals surface area contributed by atoms with E-state index in [9.17, 15) is 13.6 Å². The molecule has 3 rings (SSSR count). The molecule has 2 aromatic carbocycles. The maximum Gasteiger partial charge on any atom is 0.224 e. The van der Waals surface area contributed by atoms with Crippen LogP contribution in [0.15, 0.2) is 42.5 Å². The Morgan fingerprint density at radius 3 is 2.68 bits per heavy atom. The Kier molecular flexibility index (Phi) is 3.92. The molecule has 0 aliphatic heterocycles. The second kappa shape index (κ2) is 5.87. The van der Waals surface area contributed by atoms with Crippen LogP contribution in [0.2, 0.25) is 0 Å². The van der Waals surface area contributed by atoms with Crippen LogP contribution in [0.5, 0.6) is 0 Å². The summed E-state index contributed by atoms with van der Waals surface area (Å²) in [6, 6.07) is 11.4. The Bertz CT molecular complexity index is 714. The molecule has 0 bridgehead atoms. The third-order valence-electron chi connectivity index (χ3n) is 4.12. The first-order chi connectivity index (χ1) is 10.6. The first-order valence-electron chi connectivity index (χ1n) is 7.33. The van der Waals surface area contributed by atoms with E-state index in [0.29, 0.717) is 24.1 Å². The molecule has 0 heterocycles. The van der Waals surface area contributed by atoms with Crippen LogP contribution in [0.25, 0.3) is 0 Å². The molecule has 2 unspecified atom stereocenters. The Morgan fingerprint density at radius 1 is 1.18 bits per heavy atom. The van der Waals surface area contributed by atoms with Gasteiger partial charge < -0.3 is 5.32 Å². The fourth-order valence-corrected chi connectivity index (χ4v) is 2.74. The van der Waals surface area contributed by atoms with Crippen LogP contribution >= 0.6 is 0 Å². The molecule has 2 aromatic rings. The molecule has 2 atom stereocenters. The SMILES string of the molecule is Cc1cc(CNC(=O)C2CC2c2ccccc2F)ccc1F. The van der Waals surface area contributed by atoms with E-state index in [1.807, 2.05) is 0 Å². The van der Waals surface area contributed by atoms with Gasteiger partial charge in [-0.05, 0) is 48.1 Å². The highest BCUT2D eigenvalue weighted by Crippen LogP contribution is 2.48. The zero-order chi connectivity index (χ0) is 15.7. The molecule has 0 aromatic heterocycles. The minimum absolute atomic E-state index is 0.0313. The summed E-state index contributed by atoms with van der Waals surface area (Å²) in [6.45, 7) is 2.05. The number of carbonyl (C=O) groups is 1. The van der Waals surface area contributed by atoms with Crippen LogP contribution in [-0.2, 0) is 11.3 Å². The zero-order valence-corrected chi connectivity index (χ0v) is 12.3. The van der Waals surface area contributed by atoms with Crippen molar-refractivity contribution >= 4 is 5.91 Å². The first kappa shape index (κ1) is 14.7. The number of halogens is 2. The van der Waals surface area contributed by atoms with Crippen LogP contribution in [-0.4, -0.2) is 5.91 Å². The number of carbonyl (C=O) groups excluding carboxylic acids is 1. The zero-order valence-electron chi connectivity index (χ0n) is 12.3. The minimum atomic E-state index is -0.253. The van der Waals surface area contributed by atoms with Gasteiger partial charge in [-0.1, -0.05) is 30.3 Å². The number of hydrogen-bond donors (Lipinski definition) is 1. The van der Waals surface area contributed by atoms with Crippen molar-refractivity contribution in [2.45, 2.75) is 25.8 Å². The third kappa shape index (κ3) is 3.01. The van der Waals surface area contributed by atoms with E-state index < -0.39 is 0 Å². The van der Waals surface area contributed by atoms with Crippen LogP contribution in [0.3, 0.4) is 0 Å². The highest BCUT2D eigenvalue weighted by molar-refractivity contribution is 5.82. The maximum atomic E-state index is 13.7. The van der Waals surface area contributed by atoms with Gasteiger partial charge in [0.15, 0.2) is 0 Å². The number of aryl methyl sites for hydroxylation is 1. The van der Waals surface area contributed by atoms with Crippen molar-refractivity contribution in [3.63, 3.8) is 0 Å². The van der Waals surface area contributed by atoms with E-state index in [4.69, 9.17) is 0 Å². The molecule has 0 saturated heterocycles. The lowest BCUT2D eigenvalue weighted by Crippen LogP contribution is -2.25. The Labute approximate surface area is 128 Å². The summed E-state index contributed by atoms with van der Waals surface area (Å²) < 4.78 is 26.9. The van der Waals surface area contributed by atoms with E-state index in [-0.39, 0.29) is 29.4 Å². The number of hydrogen-bond acceptors (Lipinski definition) is 1. The fourth-order valence-electron chi connectivity index (χ4n) is 2.74. The average molecular weight is 301 g/mol. The summed E-state index contributed by atoms with van der Waals surface area (Å²) in [5, 5.41) is 2.84. The lowest BCUT2D eigenvalue weighted by Gasteiger charge is -2.07. The standard InChI is InChI=1S/C18H17F2NO/c1-11-8-12(6-7-16(11)19)10-21-18(22)15-9-14(15)13-4-2-3-5-17(13)20/h2-8,14-15H,9-10H2,1H3,(H,21,22). The molecule has 1 N–H and O–H groups in total. The molecule has 4 heteroatoms. The highest BCUT2D eigenvalue weighted by atomic mass is 19.1. The topological polar surface area (TPSA) is 29.1 Å². The van der Waals surface area contributed by atoms with Gasteiger partial charge in [0.05, 0.1) is 0 Å². The molecule has 114 valence electrons. The van der Waals surface area contributed by atoms with Gasteiger partial charge in [0, 0.05) is 12.5 Å². The van der Waals surface area contributed by atoms with Crippen molar-refractivity contribution in [3.8, 4) is 0 Å². The molecule has 1 fully saturated rings. The average Bonchev–Trinajstić information content (AvgIpc) is 3.29. The molecule has 1 aliphatic carbocycles. The van der Waals surface area contributed by atoms with E-state index >= 15 is 0 Å². The Balaban J connectivity index is 1.58. The van der Waals surface area contributed by atoms with E-state index in [2.05, 4.69) is 5.32 Å². The smallest absolute Gasteiger partial charge is 0.224 e. The predicted molar refractivity (Wildman–Crippen MR) is 80.2 cm³/mol. The van der Waals surface area contributed by atoms with Crippen LogP contribution in [0.4, 0.5) is 8.78 Å². The van der Waals surface area contributed by atoms with Crippen molar-refractivity contribution in [1.82, 2.24) is 5.32 Å². The monoisotopic (exact) mass is 301 g/mol. The Hall–Kier alpha value is -2.23.